The van der Waals surface area contributed by atoms with Crippen LogP contribution in [-0.2, 0) is 9.47 Å². The first-order chi connectivity index (χ1) is 13.0. The highest BCUT2D eigenvalue weighted by molar-refractivity contribution is 5.31. The number of halogens is 2. The van der Waals surface area contributed by atoms with Gasteiger partial charge in [0.25, 0.3) is 0 Å². The van der Waals surface area contributed by atoms with Gasteiger partial charge in [-0.1, -0.05) is 25.1 Å². The van der Waals surface area contributed by atoms with Gasteiger partial charge in [-0.3, -0.25) is 0 Å². The zero-order valence-corrected chi connectivity index (χ0v) is 16.3. The van der Waals surface area contributed by atoms with Gasteiger partial charge in [-0.2, -0.15) is 0 Å². The van der Waals surface area contributed by atoms with E-state index in [1.165, 1.54) is 19.6 Å². The Hall–Kier alpha value is -2.14. The molecule has 0 amide bonds. The number of methoxy groups -OCH3 is 1. The molecule has 0 aromatic heterocycles. The Morgan fingerprint density at radius 3 is 2.44 bits per heavy atom. The molecule has 0 bridgehead atoms. The van der Waals surface area contributed by atoms with Crippen molar-refractivity contribution < 1.29 is 23.0 Å². The number of ether oxygens (including phenoxy) is 3. The van der Waals surface area contributed by atoms with Crippen molar-refractivity contribution >= 4 is 0 Å². The third kappa shape index (κ3) is 5.67. The Labute approximate surface area is 160 Å². The number of benzene rings is 1. The van der Waals surface area contributed by atoms with Crippen molar-refractivity contribution in [1.82, 2.24) is 0 Å². The van der Waals surface area contributed by atoms with Gasteiger partial charge < -0.3 is 14.2 Å². The molecule has 1 aromatic rings. The van der Waals surface area contributed by atoms with E-state index >= 15 is 0 Å². The van der Waals surface area contributed by atoms with Crippen LogP contribution in [0, 0.1) is 0 Å². The number of rotatable bonds is 8. The quantitative estimate of drug-likeness (QED) is 0.316. The normalized spacial score (nSPS) is 21.8. The summed E-state index contributed by atoms with van der Waals surface area (Å²) >= 11 is 0. The van der Waals surface area contributed by atoms with Crippen LogP contribution in [0.5, 0.6) is 5.75 Å². The molecule has 1 aromatic carbocycles. The summed E-state index contributed by atoms with van der Waals surface area (Å²) in [5.41, 5.74) is 1.44. The first-order valence-electron chi connectivity index (χ1n) is 9.25. The molecule has 1 saturated heterocycles. The molecule has 2 unspecified atom stereocenters. The lowest BCUT2D eigenvalue weighted by molar-refractivity contribution is 0.0329. The van der Waals surface area contributed by atoms with Crippen LogP contribution in [0.15, 0.2) is 59.9 Å². The van der Waals surface area contributed by atoms with E-state index < -0.39 is 11.7 Å². The molecule has 0 aliphatic carbocycles. The first kappa shape index (κ1) is 21.2. The van der Waals surface area contributed by atoms with Gasteiger partial charge in [-0.25, -0.2) is 8.78 Å². The molecule has 2 rings (SSSR count). The second-order valence-electron chi connectivity index (χ2n) is 6.58. The Kier molecular flexibility index (Phi) is 8.04. The highest BCUT2D eigenvalue weighted by atomic mass is 19.2. The second-order valence-corrected chi connectivity index (χ2v) is 6.58. The van der Waals surface area contributed by atoms with Gasteiger partial charge in [0.2, 0.25) is 0 Å². The van der Waals surface area contributed by atoms with Gasteiger partial charge in [0, 0.05) is 11.5 Å². The maximum atomic E-state index is 14.2. The summed E-state index contributed by atoms with van der Waals surface area (Å²) in [5.74, 6) is -1.01. The van der Waals surface area contributed by atoms with E-state index in [4.69, 9.17) is 14.2 Å². The van der Waals surface area contributed by atoms with E-state index in [1.807, 2.05) is 30.3 Å². The minimum atomic E-state index is -0.983. The van der Waals surface area contributed by atoms with Gasteiger partial charge in [0.15, 0.2) is 11.7 Å². The molecule has 0 saturated carbocycles. The van der Waals surface area contributed by atoms with E-state index in [-0.39, 0.29) is 24.0 Å². The first-order valence-corrected chi connectivity index (χ1v) is 9.25. The van der Waals surface area contributed by atoms with Gasteiger partial charge in [0.05, 0.1) is 19.8 Å². The van der Waals surface area contributed by atoms with Crippen molar-refractivity contribution in [2.75, 3.05) is 20.3 Å². The third-order valence-electron chi connectivity index (χ3n) is 4.88. The highest BCUT2D eigenvalue weighted by Crippen LogP contribution is 2.30. The Morgan fingerprint density at radius 2 is 1.93 bits per heavy atom. The molecule has 1 heterocycles. The Bertz CT molecular complexity index is 684. The van der Waals surface area contributed by atoms with Crippen molar-refractivity contribution in [3.63, 3.8) is 0 Å². The molecule has 27 heavy (non-hydrogen) atoms. The predicted molar refractivity (Wildman–Crippen MR) is 103 cm³/mol. The molecule has 2 atom stereocenters. The lowest BCUT2D eigenvalue weighted by atomic mass is 9.91. The smallest absolute Gasteiger partial charge is 0.196 e. The monoisotopic (exact) mass is 378 g/mol. The Morgan fingerprint density at radius 1 is 1.22 bits per heavy atom. The standard InChI is InChI=1S/C22H28F2O3/c1-5-16(22(24)21(23)15(3)25-4)13-27-20-11-7-17(8-12-20)18-9-10-19(6-2)26-14-18/h6-8,11-12,18-19H,2,5,9-10,13-14H2,1,3-4H3/b21-15-,22-16-. The number of hydrogen-bond donors (Lipinski definition) is 0. The second kappa shape index (κ2) is 10.3. The molecule has 0 N–H and O–H groups in total. The average molecular weight is 378 g/mol. The van der Waals surface area contributed by atoms with Crippen LogP contribution in [0.2, 0.25) is 0 Å². The zero-order valence-electron chi connectivity index (χ0n) is 16.3. The summed E-state index contributed by atoms with van der Waals surface area (Å²) in [6, 6.07) is 7.71. The minimum Gasteiger partial charge on any atom is -0.498 e. The molecular formula is C22H28F2O3. The number of allylic oxidation sites excluding steroid dienone is 3. The van der Waals surface area contributed by atoms with Crippen LogP contribution in [0.4, 0.5) is 8.78 Å². The summed E-state index contributed by atoms with van der Waals surface area (Å²) in [7, 11) is 1.31. The molecule has 0 radical (unpaired) electrons. The van der Waals surface area contributed by atoms with E-state index in [9.17, 15) is 8.78 Å². The fourth-order valence-electron chi connectivity index (χ4n) is 2.95. The van der Waals surface area contributed by atoms with Crippen LogP contribution in [0.1, 0.15) is 44.6 Å². The van der Waals surface area contributed by atoms with Crippen molar-refractivity contribution in [1.29, 1.82) is 0 Å². The molecule has 5 heteroatoms. The molecular weight excluding hydrogens is 350 g/mol. The predicted octanol–water partition coefficient (Wildman–Crippen LogP) is 6.00. The fourth-order valence-corrected chi connectivity index (χ4v) is 2.95. The van der Waals surface area contributed by atoms with Crippen LogP contribution >= 0.6 is 0 Å². The van der Waals surface area contributed by atoms with E-state index in [0.717, 1.165) is 12.8 Å². The average Bonchev–Trinajstić information content (AvgIpc) is 2.73. The van der Waals surface area contributed by atoms with Crippen LogP contribution in [0.3, 0.4) is 0 Å². The van der Waals surface area contributed by atoms with Crippen molar-refractivity contribution in [3.05, 3.63) is 65.5 Å². The molecule has 1 fully saturated rings. The van der Waals surface area contributed by atoms with Crippen molar-refractivity contribution in [3.8, 4) is 5.75 Å². The zero-order chi connectivity index (χ0) is 19.8. The lowest BCUT2D eigenvalue weighted by Gasteiger charge is -2.27. The van der Waals surface area contributed by atoms with Crippen LogP contribution in [-0.4, -0.2) is 26.4 Å². The van der Waals surface area contributed by atoms with Crippen LogP contribution < -0.4 is 4.74 Å². The lowest BCUT2D eigenvalue weighted by Crippen LogP contribution is -2.22. The van der Waals surface area contributed by atoms with Gasteiger partial charge in [-0.05, 0) is 43.9 Å². The maximum Gasteiger partial charge on any atom is 0.196 e. The van der Waals surface area contributed by atoms with Crippen molar-refractivity contribution in [2.45, 2.75) is 45.1 Å². The Balaban J connectivity index is 1.99. The SMILES string of the molecule is C=CC1CCC(c2ccc(OC/C(CC)=C(F)/C(F)=C(\C)OC)cc2)CO1. The molecule has 0 spiro atoms. The van der Waals surface area contributed by atoms with Crippen molar-refractivity contribution in [2.24, 2.45) is 0 Å². The van der Waals surface area contributed by atoms with Gasteiger partial charge >= 0.3 is 0 Å². The fraction of sp³-hybridized carbons (Fsp3) is 0.455. The molecule has 1 aliphatic heterocycles. The van der Waals surface area contributed by atoms with E-state index in [2.05, 4.69) is 6.58 Å². The summed E-state index contributed by atoms with van der Waals surface area (Å²) in [6.07, 6.45) is 4.36. The van der Waals surface area contributed by atoms with E-state index in [1.54, 1.807) is 6.92 Å². The summed E-state index contributed by atoms with van der Waals surface area (Å²) in [6.45, 7) is 7.57. The van der Waals surface area contributed by atoms with Gasteiger partial charge in [0.1, 0.15) is 18.1 Å². The highest BCUT2D eigenvalue weighted by Gasteiger charge is 2.21. The summed E-state index contributed by atoms with van der Waals surface area (Å²) in [5, 5.41) is 0. The molecule has 3 nitrogen and oxygen atoms in total. The topological polar surface area (TPSA) is 27.7 Å². The van der Waals surface area contributed by atoms with E-state index in [0.29, 0.717) is 24.7 Å². The third-order valence-corrected chi connectivity index (χ3v) is 4.88. The summed E-state index contributed by atoms with van der Waals surface area (Å²) in [4.78, 5) is 0. The number of hydrogen-bond acceptors (Lipinski definition) is 3. The summed E-state index contributed by atoms with van der Waals surface area (Å²) < 4.78 is 44.3. The molecule has 148 valence electrons. The van der Waals surface area contributed by atoms with Gasteiger partial charge in [-0.15, -0.1) is 6.58 Å². The maximum absolute atomic E-state index is 14.2. The minimum absolute atomic E-state index is 0.0142. The largest absolute Gasteiger partial charge is 0.498 e. The van der Waals surface area contributed by atoms with Crippen LogP contribution in [0.25, 0.3) is 0 Å². The molecule has 1 aliphatic rings.